The second kappa shape index (κ2) is 8.90. The lowest BCUT2D eigenvalue weighted by molar-refractivity contribution is 0.792. The standard InChI is InChI=1S/C22H22N6/c1-2-10-19-18(9-1)22(28-21(27-19)17-8-7-12-23-16-17)26-15-6-5-14-25-20-11-3-4-13-24-20/h1-4,7-13,16H,5-6,14-15H2,(H,24,25)(H,26,27,28). The fourth-order valence-corrected chi connectivity index (χ4v) is 2.98. The quantitative estimate of drug-likeness (QED) is 0.448. The average Bonchev–Trinajstić information content (AvgIpc) is 2.77. The summed E-state index contributed by atoms with van der Waals surface area (Å²) in [5, 5.41) is 7.84. The zero-order valence-electron chi connectivity index (χ0n) is 15.5. The molecule has 0 amide bonds. The van der Waals surface area contributed by atoms with Crippen LogP contribution in [0.15, 0.2) is 73.2 Å². The molecule has 2 N–H and O–H groups in total. The van der Waals surface area contributed by atoms with E-state index in [1.807, 2.05) is 54.6 Å². The van der Waals surface area contributed by atoms with Gasteiger partial charge in [-0.1, -0.05) is 18.2 Å². The van der Waals surface area contributed by atoms with Gasteiger partial charge in [0, 0.05) is 42.6 Å². The van der Waals surface area contributed by atoms with Crippen LogP contribution in [0.4, 0.5) is 11.6 Å². The Morgan fingerprint density at radius 3 is 2.43 bits per heavy atom. The Morgan fingerprint density at radius 2 is 1.61 bits per heavy atom. The zero-order chi connectivity index (χ0) is 19.0. The van der Waals surface area contributed by atoms with E-state index in [-0.39, 0.29) is 0 Å². The van der Waals surface area contributed by atoms with Crippen LogP contribution in [0.3, 0.4) is 0 Å². The third-order valence-electron chi connectivity index (χ3n) is 4.39. The van der Waals surface area contributed by atoms with Crippen molar-refractivity contribution in [2.45, 2.75) is 12.8 Å². The number of pyridine rings is 2. The van der Waals surface area contributed by atoms with Crippen LogP contribution in [-0.4, -0.2) is 33.0 Å². The summed E-state index contributed by atoms with van der Waals surface area (Å²) in [6, 6.07) is 17.8. The Balaban J connectivity index is 1.40. The van der Waals surface area contributed by atoms with Gasteiger partial charge in [-0.05, 0) is 49.2 Å². The molecule has 0 saturated heterocycles. The van der Waals surface area contributed by atoms with Crippen LogP contribution in [0.2, 0.25) is 0 Å². The summed E-state index contributed by atoms with van der Waals surface area (Å²) in [7, 11) is 0. The lowest BCUT2D eigenvalue weighted by atomic mass is 10.2. The molecule has 140 valence electrons. The summed E-state index contributed by atoms with van der Waals surface area (Å²) in [5.74, 6) is 2.46. The van der Waals surface area contributed by atoms with Crippen LogP contribution in [0.5, 0.6) is 0 Å². The Kier molecular flexibility index (Phi) is 5.68. The molecule has 0 fully saturated rings. The predicted octanol–water partition coefficient (Wildman–Crippen LogP) is 4.39. The van der Waals surface area contributed by atoms with E-state index < -0.39 is 0 Å². The normalized spacial score (nSPS) is 10.7. The van der Waals surface area contributed by atoms with E-state index in [1.54, 1.807) is 18.6 Å². The van der Waals surface area contributed by atoms with Crippen LogP contribution in [-0.2, 0) is 0 Å². The van der Waals surface area contributed by atoms with Gasteiger partial charge in [0.15, 0.2) is 5.82 Å². The topological polar surface area (TPSA) is 75.6 Å². The number of nitrogens with one attached hydrogen (secondary N) is 2. The summed E-state index contributed by atoms with van der Waals surface area (Å²) in [6.07, 6.45) is 7.41. The smallest absolute Gasteiger partial charge is 0.163 e. The van der Waals surface area contributed by atoms with Crippen molar-refractivity contribution in [2.75, 3.05) is 23.7 Å². The Bertz CT molecular complexity index is 1020. The minimum atomic E-state index is 0.686. The predicted molar refractivity (Wildman–Crippen MR) is 113 cm³/mol. The van der Waals surface area contributed by atoms with Gasteiger partial charge in [0.25, 0.3) is 0 Å². The van der Waals surface area contributed by atoms with Crippen LogP contribution < -0.4 is 10.6 Å². The third kappa shape index (κ3) is 4.40. The van der Waals surface area contributed by atoms with E-state index in [1.165, 1.54) is 0 Å². The Morgan fingerprint density at radius 1 is 0.750 bits per heavy atom. The second-order valence-electron chi connectivity index (χ2n) is 6.43. The minimum Gasteiger partial charge on any atom is -0.370 e. The van der Waals surface area contributed by atoms with Crippen molar-refractivity contribution >= 4 is 22.5 Å². The van der Waals surface area contributed by atoms with Crippen molar-refractivity contribution in [3.8, 4) is 11.4 Å². The molecule has 4 rings (SSSR count). The summed E-state index contributed by atoms with van der Waals surface area (Å²) in [5.41, 5.74) is 1.84. The molecule has 3 heterocycles. The molecule has 0 bridgehead atoms. The van der Waals surface area contributed by atoms with Crippen molar-refractivity contribution in [1.82, 2.24) is 19.9 Å². The molecule has 0 atom stereocenters. The summed E-state index contributed by atoms with van der Waals surface area (Å²) in [4.78, 5) is 17.9. The molecule has 0 aliphatic rings. The van der Waals surface area contributed by atoms with Gasteiger partial charge in [0.05, 0.1) is 5.52 Å². The number of fused-ring (bicyclic) bond motifs is 1. The first-order valence-corrected chi connectivity index (χ1v) is 9.46. The van der Waals surface area contributed by atoms with Gasteiger partial charge in [-0.2, -0.15) is 0 Å². The molecule has 28 heavy (non-hydrogen) atoms. The fraction of sp³-hybridized carbons (Fsp3) is 0.182. The molecular weight excluding hydrogens is 348 g/mol. The number of nitrogens with zero attached hydrogens (tertiary/aromatic N) is 4. The highest BCUT2D eigenvalue weighted by molar-refractivity contribution is 5.90. The number of benzene rings is 1. The number of hydrogen-bond donors (Lipinski definition) is 2. The van der Waals surface area contributed by atoms with E-state index in [4.69, 9.17) is 4.98 Å². The molecular formula is C22H22N6. The van der Waals surface area contributed by atoms with Gasteiger partial charge in [0.1, 0.15) is 11.6 Å². The molecule has 0 unspecified atom stereocenters. The van der Waals surface area contributed by atoms with E-state index in [2.05, 4.69) is 25.6 Å². The molecule has 4 aromatic rings. The van der Waals surface area contributed by atoms with Crippen molar-refractivity contribution in [2.24, 2.45) is 0 Å². The first kappa shape index (κ1) is 17.9. The van der Waals surface area contributed by atoms with Gasteiger partial charge in [-0.3, -0.25) is 4.98 Å². The Labute approximate surface area is 164 Å². The van der Waals surface area contributed by atoms with E-state index in [9.17, 15) is 0 Å². The number of hydrogen-bond acceptors (Lipinski definition) is 6. The molecule has 0 saturated carbocycles. The highest BCUT2D eigenvalue weighted by Gasteiger charge is 2.09. The number of unbranched alkanes of at least 4 members (excludes halogenated alkanes) is 1. The molecule has 6 nitrogen and oxygen atoms in total. The lowest BCUT2D eigenvalue weighted by Gasteiger charge is -2.11. The number of aromatic nitrogens is 4. The van der Waals surface area contributed by atoms with E-state index in [0.29, 0.717) is 5.82 Å². The SMILES string of the molecule is c1ccc(NCCCCNc2nc(-c3cccnc3)nc3ccccc23)nc1. The highest BCUT2D eigenvalue weighted by atomic mass is 15.0. The lowest BCUT2D eigenvalue weighted by Crippen LogP contribution is -2.09. The van der Waals surface area contributed by atoms with E-state index in [0.717, 1.165) is 54.0 Å². The Hall–Kier alpha value is -3.54. The zero-order valence-corrected chi connectivity index (χ0v) is 15.5. The molecule has 0 aliphatic carbocycles. The monoisotopic (exact) mass is 370 g/mol. The van der Waals surface area contributed by atoms with Crippen LogP contribution >= 0.6 is 0 Å². The van der Waals surface area contributed by atoms with Crippen molar-refractivity contribution < 1.29 is 0 Å². The molecule has 3 aromatic heterocycles. The first-order chi connectivity index (χ1) is 13.9. The maximum absolute atomic E-state index is 4.75. The van der Waals surface area contributed by atoms with Crippen LogP contribution in [0.25, 0.3) is 22.3 Å². The summed E-state index contributed by atoms with van der Waals surface area (Å²) >= 11 is 0. The van der Waals surface area contributed by atoms with Crippen molar-refractivity contribution in [3.05, 3.63) is 73.2 Å². The summed E-state index contributed by atoms with van der Waals surface area (Å²) in [6.45, 7) is 1.74. The molecule has 0 aliphatic heterocycles. The van der Waals surface area contributed by atoms with Crippen molar-refractivity contribution in [3.63, 3.8) is 0 Å². The first-order valence-electron chi connectivity index (χ1n) is 9.46. The van der Waals surface area contributed by atoms with Gasteiger partial charge in [-0.15, -0.1) is 0 Å². The maximum atomic E-state index is 4.75. The number of anilines is 2. The van der Waals surface area contributed by atoms with Gasteiger partial charge in [0.2, 0.25) is 0 Å². The molecule has 0 spiro atoms. The van der Waals surface area contributed by atoms with E-state index >= 15 is 0 Å². The van der Waals surface area contributed by atoms with Gasteiger partial charge in [-0.25, -0.2) is 15.0 Å². The van der Waals surface area contributed by atoms with Crippen molar-refractivity contribution in [1.29, 1.82) is 0 Å². The summed E-state index contributed by atoms with van der Waals surface area (Å²) < 4.78 is 0. The fourth-order valence-electron chi connectivity index (χ4n) is 2.98. The third-order valence-corrected chi connectivity index (χ3v) is 4.39. The largest absolute Gasteiger partial charge is 0.370 e. The number of para-hydroxylation sites is 1. The maximum Gasteiger partial charge on any atom is 0.163 e. The molecule has 6 heteroatoms. The van der Waals surface area contributed by atoms with Gasteiger partial charge < -0.3 is 10.6 Å². The molecule has 0 radical (unpaired) electrons. The van der Waals surface area contributed by atoms with Crippen LogP contribution in [0.1, 0.15) is 12.8 Å². The number of rotatable bonds is 8. The average molecular weight is 370 g/mol. The minimum absolute atomic E-state index is 0.686. The highest BCUT2D eigenvalue weighted by Crippen LogP contribution is 2.24. The second-order valence-corrected chi connectivity index (χ2v) is 6.43. The van der Waals surface area contributed by atoms with Crippen LogP contribution in [0, 0.1) is 0 Å². The van der Waals surface area contributed by atoms with Gasteiger partial charge >= 0.3 is 0 Å². The molecule has 1 aromatic carbocycles.